The molecule has 1 aromatic carbocycles. The fourth-order valence-corrected chi connectivity index (χ4v) is 0.856. The van der Waals surface area contributed by atoms with Crippen molar-refractivity contribution in [1.29, 1.82) is 0 Å². The van der Waals surface area contributed by atoms with E-state index in [9.17, 15) is 0 Å². The standard InChI is InChI=1S/C9H13N3/c1-8(10)12-11-7-9-5-3-2-4-6-9/h2-6,11-12H,1,7,10H2. The summed E-state index contributed by atoms with van der Waals surface area (Å²) in [6, 6.07) is 10.0. The molecule has 0 aromatic heterocycles. The summed E-state index contributed by atoms with van der Waals surface area (Å²) in [6.45, 7) is 4.22. The lowest BCUT2D eigenvalue weighted by Crippen LogP contribution is -2.33. The fourth-order valence-electron chi connectivity index (χ4n) is 0.856. The van der Waals surface area contributed by atoms with Gasteiger partial charge in [-0.3, -0.25) is 0 Å². The molecule has 0 unspecified atom stereocenters. The smallest absolute Gasteiger partial charge is 0.103 e. The molecule has 3 nitrogen and oxygen atoms in total. The molecule has 1 rings (SSSR count). The van der Waals surface area contributed by atoms with E-state index in [1.54, 1.807) is 0 Å². The number of hydrogen-bond acceptors (Lipinski definition) is 3. The van der Waals surface area contributed by atoms with Gasteiger partial charge in [0.05, 0.1) is 0 Å². The van der Waals surface area contributed by atoms with E-state index in [4.69, 9.17) is 5.73 Å². The Balaban J connectivity index is 2.29. The second kappa shape index (κ2) is 4.41. The van der Waals surface area contributed by atoms with E-state index in [0.29, 0.717) is 5.82 Å². The Hall–Kier alpha value is -1.48. The van der Waals surface area contributed by atoms with Crippen LogP contribution in [0.25, 0.3) is 0 Å². The second-order valence-electron chi connectivity index (χ2n) is 2.49. The van der Waals surface area contributed by atoms with Crippen molar-refractivity contribution in [2.45, 2.75) is 6.54 Å². The Morgan fingerprint density at radius 1 is 1.33 bits per heavy atom. The van der Waals surface area contributed by atoms with Gasteiger partial charge in [-0.1, -0.05) is 36.9 Å². The normalized spacial score (nSPS) is 9.33. The first-order valence-corrected chi connectivity index (χ1v) is 3.76. The third-order valence-corrected chi connectivity index (χ3v) is 1.38. The number of nitrogens with two attached hydrogens (primary N) is 1. The zero-order chi connectivity index (χ0) is 8.81. The predicted octanol–water partition coefficient (Wildman–Crippen LogP) is 0.711. The molecule has 0 spiro atoms. The summed E-state index contributed by atoms with van der Waals surface area (Å²) in [5.74, 6) is 0.422. The molecule has 3 heteroatoms. The van der Waals surface area contributed by atoms with Gasteiger partial charge in [-0.15, -0.1) is 0 Å². The Labute approximate surface area is 72.2 Å². The van der Waals surface area contributed by atoms with Crippen LogP contribution in [0, 0.1) is 0 Å². The third kappa shape index (κ3) is 3.07. The van der Waals surface area contributed by atoms with Crippen molar-refractivity contribution < 1.29 is 0 Å². The average Bonchev–Trinajstić information content (AvgIpc) is 2.05. The highest BCUT2D eigenvalue weighted by atomic mass is 15.4. The third-order valence-electron chi connectivity index (χ3n) is 1.38. The molecule has 0 bridgehead atoms. The second-order valence-corrected chi connectivity index (χ2v) is 2.49. The van der Waals surface area contributed by atoms with Gasteiger partial charge in [0, 0.05) is 6.54 Å². The van der Waals surface area contributed by atoms with Crippen LogP contribution < -0.4 is 16.6 Å². The Morgan fingerprint density at radius 2 is 2.00 bits per heavy atom. The monoisotopic (exact) mass is 163 g/mol. The van der Waals surface area contributed by atoms with Crippen LogP contribution in [0.3, 0.4) is 0 Å². The summed E-state index contributed by atoms with van der Waals surface area (Å²) in [5, 5.41) is 0. The van der Waals surface area contributed by atoms with Crippen LogP contribution >= 0.6 is 0 Å². The van der Waals surface area contributed by atoms with Gasteiger partial charge < -0.3 is 11.2 Å². The van der Waals surface area contributed by atoms with Crippen LogP contribution in [-0.2, 0) is 6.54 Å². The van der Waals surface area contributed by atoms with Gasteiger partial charge in [0.15, 0.2) is 0 Å². The summed E-state index contributed by atoms with van der Waals surface area (Å²) in [7, 11) is 0. The van der Waals surface area contributed by atoms with Crippen molar-refractivity contribution in [3.05, 3.63) is 48.3 Å². The van der Waals surface area contributed by atoms with Crippen LogP contribution in [-0.4, -0.2) is 0 Å². The SMILES string of the molecule is C=C(N)NNCc1ccccc1. The molecule has 0 aliphatic heterocycles. The van der Waals surface area contributed by atoms with E-state index in [1.807, 2.05) is 30.3 Å². The number of benzene rings is 1. The molecule has 0 fully saturated rings. The molecule has 0 saturated carbocycles. The molecule has 4 N–H and O–H groups in total. The van der Waals surface area contributed by atoms with Gasteiger partial charge in [0.2, 0.25) is 0 Å². The van der Waals surface area contributed by atoms with Gasteiger partial charge in [-0.2, -0.15) is 0 Å². The highest BCUT2D eigenvalue weighted by molar-refractivity contribution is 5.14. The maximum absolute atomic E-state index is 5.29. The Bertz CT molecular complexity index is 243. The van der Waals surface area contributed by atoms with E-state index in [-0.39, 0.29) is 0 Å². The summed E-state index contributed by atoms with van der Waals surface area (Å²) in [6.07, 6.45) is 0. The maximum atomic E-state index is 5.29. The zero-order valence-electron chi connectivity index (χ0n) is 6.88. The van der Waals surface area contributed by atoms with Crippen molar-refractivity contribution >= 4 is 0 Å². The lowest BCUT2D eigenvalue weighted by atomic mass is 10.2. The van der Waals surface area contributed by atoms with Crippen LogP contribution in [0.2, 0.25) is 0 Å². The van der Waals surface area contributed by atoms with Crippen LogP contribution in [0.5, 0.6) is 0 Å². The minimum Gasteiger partial charge on any atom is -0.385 e. The first kappa shape index (κ1) is 8.62. The molecule has 0 atom stereocenters. The Kier molecular flexibility index (Phi) is 3.17. The number of nitrogens with one attached hydrogen (secondary N) is 2. The molecule has 64 valence electrons. The molecule has 0 aliphatic carbocycles. The first-order chi connectivity index (χ1) is 5.79. The fraction of sp³-hybridized carbons (Fsp3) is 0.111. The topological polar surface area (TPSA) is 50.1 Å². The lowest BCUT2D eigenvalue weighted by Gasteiger charge is -2.06. The predicted molar refractivity (Wildman–Crippen MR) is 49.7 cm³/mol. The van der Waals surface area contributed by atoms with Gasteiger partial charge in [-0.25, -0.2) is 5.43 Å². The average molecular weight is 163 g/mol. The molecule has 12 heavy (non-hydrogen) atoms. The molecule has 0 amide bonds. The molecule has 0 heterocycles. The summed E-state index contributed by atoms with van der Waals surface area (Å²) in [4.78, 5) is 0. The maximum Gasteiger partial charge on any atom is 0.103 e. The van der Waals surface area contributed by atoms with Gasteiger partial charge in [-0.05, 0) is 5.56 Å². The van der Waals surface area contributed by atoms with Crippen molar-refractivity contribution in [2.75, 3.05) is 0 Å². The molecule has 1 aromatic rings. The van der Waals surface area contributed by atoms with E-state index < -0.39 is 0 Å². The van der Waals surface area contributed by atoms with E-state index in [0.717, 1.165) is 6.54 Å². The van der Waals surface area contributed by atoms with E-state index >= 15 is 0 Å². The van der Waals surface area contributed by atoms with E-state index in [1.165, 1.54) is 5.56 Å². The van der Waals surface area contributed by atoms with Crippen molar-refractivity contribution in [1.82, 2.24) is 10.9 Å². The molecule has 0 radical (unpaired) electrons. The molecule has 0 aliphatic rings. The van der Waals surface area contributed by atoms with Gasteiger partial charge in [0.1, 0.15) is 5.82 Å². The Morgan fingerprint density at radius 3 is 2.58 bits per heavy atom. The minimum absolute atomic E-state index is 0.422. The number of hydrazine groups is 1. The quantitative estimate of drug-likeness (QED) is 0.573. The van der Waals surface area contributed by atoms with Crippen LogP contribution in [0.4, 0.5) is 0 Å². The number of rotatable bonds is 4. The highest BCUT2D eigenvalue weighted by Gasteiger charge is 1.88. The summed E-state index contributed by atoms with van der Waals surface area (Å²) < 4.78 is 0. The van der Waals surface area contributed by atoms with Gasteiger partial charge in [0.25, 0.3) is 0 Å². The minimum atomic E-state index is 0.422. The molecular weight excluding hydrogens is 150 g/mol. The molecular formula is C9H13N3. The van der Waals surface area contributed by atoms with Crippen molar-refractivity contribution in [2.24, 2.45) is 5.73 Å². The van der Waals surface area contributed by atoms with E-state index in [2.05, 4.69) is 17.4 Å². The zero-order valence-corrected chi connectivity index (χ0v) is 6.88. The van der Waals surface area contributed by atoms with Crippen LogP contribution in [0.1, 0.15) is 5.56 Å². The number of hydrogen-bond donors (Lipinski definition) is 3. The van der Waals surface area contributed by atoms with Crippen molar-refractivity contribution in [3.8, 4) is 0 Å². The highest BCUT2D eigenvalue weighted by Crippen LogP contribution is 1.95. The van der Waals surface area contributed by atoms with Gasteiger partial charge >= 0.3 is 0 Å². The largest absolute Gasteiger partial charge is 0.385 e. The summed E-state index contributed by atoms with van der Waals surface area (Å²) in [5.41, 5.74) is 12.1. The summed E-state index contributed by atoms with van der Waals surface area (Å²) >= 11 is 0. The van der Waals surface area contributed by atoms with Crippen molar-refractivity contribution in [3.63, 3.8) is 0 Å². The van der Waals surface area contributed by atoms with Crippen LogP contribution in [0.15, 0.2) is 42.7 Å². The lowest BCUT2D eigenvalue weighted by molar-refractivity contribution is 0.596. The first-order valence-electron chi connectivity index (χ1n) is 3.76. The molecule has 0 saturated heterocycles.